The van der Waals surface area contributed by atoms with E-state index in [4.69, 9.17) is 4.74 Å². The second-order valence-corrected chi connectivity index (χ2v) is 4.47. The fourth-order valence-corrected chi connectivity index (χ4v) is 1.91. The van der Waals surface area contributed by atoms with Crippen LogP contribution in [-0.2, 0) is 13.1 Å². The molecule has 1 aromatic heterocycles. The fraction of sp³-hybridized carbons (Fsp3) is 0.333. The first kappa shape index (κ1) is 14.9. The van der Waals surface area contributed by atoms with Gasteiger partial charge in [0.15, 0.2) is 5.96 Å². The maximum Gasteiger partial charge on any atom is 0.191 e. The highest BCUT2D eigenvalue weighted by atomic mass is 16.5. The molecule has 2 rings (SSSR count). The van der Waals surface area contributed by atoms with Crippen LogP contribution in [0.2, 0.25) is 0 Å². The van der Waals surface area contributed by atoms with Crippen molar-refractivity contribution in [3.05, 3.63) is 48.3 Å². The lowest BCUT2D eigenvalue weighted by molar-refractivity contribution is 0.414. The van der Waals surface area contributed by atoms with Gasteiger partial charge in [0, 0.05) is 32.5 Å². The number of nitrogens with one attached hydrogen (secondary N) is 2. The molecule has 0 atom stereocenters. The molecule has 0 aliphatic heterocycles. The molecule has 0 saturated heterocycles. The first-order valence-electron chi connectivity index (χ1n) is 6.86. The van der Waals surface area contributed by atoms with Crippen molar-refractivity contribution in [3.63, 3.8) is 0 Å². The van der Waals surface area contributed by atoms with Crippen molar-refractivity contribution in [2.24, 2.45) is 4.99 Å². The number of aliphatic imine (C=N–C) groups is 1. The van der Waals surface area contributed by atoms with Crippen molar-refractivity contribution in [3.8, 4) is 5.75 Å². The van der Waals surface area contributed by atoms with Crippen LogP contribution in [0.15, 0.2) is 47.7 Å². The Balaban J connectivity index is 1.76. The number of guanidine groups is 1. The zero-order valence-corrected chi connectivity index (χ0v) is 12.4. The molecule has 0 unspecified atom stereocenters. The molecule has 21 heavy (non-hydrogen) atoms. The average molecular weight is 287 g/mol. The molecule has 0 radical (unpaired) electrons. The summed E-state index contributed by atoms with van der Waals surface area (Å²) in [6, 6.07) is 9.87. The topological polar surface area (TPSA) is 63.5 Å². The Morgan fingerprint density at radius 3 is 2.95 bits per heavy atom. The van der Waals surface area contributed by atoms with Gasteiger partial charge in [0.25, 0.3) is 0 Å². The van der Waals surface area contributed by atoms with E-state index in [1.54, 1.807) is 20.4 Å². The number of benzene rings is 1. The van der Waals surface area contributed by atoms with Crippen LogP contribution in [0.4, 0.5) is 0 Å². The largest absolute Gasteiger partial charge is 0.497 e. The van der Waals surface area contributed by atoms with Crippen molar-refractivity contribution < 1.29 is 4.74 Å². The molecule has 6 nitrogen and oxygen atoms in total. The van der Waals surface area contributed by atoms with E-state index in [9.17, 15) is 0 Å². The SMILES string of the molecule is CN=C(NCCn1cccn1)NCc1cccc(OC)c1. The molecule has 2 N–H and O–H groups in total. The molecule has 2 aromatic rings. The summed E-state index contributed by atoms with van der Waals surface area (Å²) in [6.45, 7) is 2.25. The van der Waals surface area contributed by atoms with Gasteiger partial charge in [0.05, 0.1) is 13.7 Å². The lowest BCUT2D eigenvalue weighted by Gasteiger charge is -2.12. The normalized spacial score (nSPS) is 11.2. The van der Waals surface area contributed by atoms with E-state index in [0.717, 1.165) is 30.4 Å². The van der Waals surface area contributed by atoms with E-state index < -0.39 is 0 Å². The van der Waals surface area contributed by atoms with Crippen LogP contribution in [-0.4, -0.2) is 36.4 Å². The lowest BCUT2D eigenvalue weighted by atomic mass is 10.2. The number of ether oxygens (including phenoxy) is 1. The summed E-state index contributed by atoms with van der Waals surface area (Å²) in [7, 11) is 3.43. The summed E-state index contributed by atoms with van der Waals surface area (Å²) in [5, 5.41) is 10.7. The Labute approximate surface area is 124 Å². The van der Waals surface area contributed by atoms with Crippen LogP contribution in [0.25, 0.3) is 0 Å². The summed E-state index contributed by atoms with van der Waals surface area (Å²) in [4.78, 5) is 4.20. The number of methoxy groups -OCH3 is 1. The highest BCUT2D eigenvalue weighted by Crippen LogP contribution is 2.11. The van der Waals surface area contributed by atoms with E-state index in [1.807, 2.05) is 41.2 Å². The van der Waals surface area contributed by atoms with E-state index in [0.29, 0.717) is 6.54 Å². The molecule has 1 aromatic carbocycles. The fourth-order valence-electron chi connectivity index (χ4n) is 1.91. The minimum absolute atomic E-state index is 0.693. The molecule has 0 fully saturated rings. The van der Waals surface area contributed by atoms with Gasteiger partial charge >= 0.3 is 0 Å². The monoisotopic (exact) mass is 287 g/mol. The molecule has 112 valence electrons. The van der Waals surface area contributed by atoms with Crippen molar-refractivity contribution in [1.82, 2.24) is 20.4 Å². The molecule has 0 aliphatic rings. The molecule has 0 amide bonds. The smallest absolute Gasteiger partial charge is 0.191 e. The first-order valence-corrected chi connectivity index (χ1v) is 6.86. The second-order valence-electron chi connectivity index (χ2n) is 4.47. The van der Waals surface area contributed by atoms with E-state index in [1.165, 1.54) is 0 Å². The van der Waals surface area contributed by atoms with Gasteiger partial charge in [-0.3, -0.25) is 9.67 Å². The summed E-state index contributed by atoms with van der Waals surface area (Å²) >= 11 is 0. The Morgan fingerprint density at radius 2 is 2.24 bits per heavy atom. The molecule has 0 spiro atoms. The Kier molecular flexibility index (Phi) is 5.63. The van der Waals surface area contributed by atoms with Crippen LogP contribution in [0, 0.1) is 0 Å². The average Bonchev–Trinajstić information content (AvgIpc) is 3.04. The van der Waals surface area contributed by atoms with Crippen molar-refractivity contribution in [1.29, 1.82) is 0 Å². The molecular formula is C15H21N5O. The van der Waals surface area contributed by atoms with Gasteiger partial charge in [-0.05, 0) is 23.8 Å². The second kappa shape index (κ2) is 7.94. The third kappa shape index (κ3) is 4.83. The maximum absolute atomic E-state index is 5.21. The van der Waals surface area contributed by atoms with Crippen LogP contribution in [0.5, 0.6) is 5.75 Å². The molecule has 1 heterocycles. The number of aromatic nitrogens is 2. The number of hydrogen-bond acceptors (Lipinski definition) is 3. The molecule has 0 aliphatic carbocycles. The van der Waals surface area contributed by atoms with Gasteiger partial charge in [-0.25, -0.2) is 0 Å². The van der Waals surface area contributed by atoms with Crippen LogP contribution < -0.4 is 15.4 Å². The van der Waals surface area contributed by atoms with Crippen molar-refractivity contribution in [2.75, 3.05) is 20.7 Å². The van der Waals surface area contributed by atoms with E-state index in [2.05, 4.69) is 20.7 Å². The van der Waals surface area contributed by atoms with Gasteiger partial charge in [-0.1, -0.05) is 12.1 Å². The highest BCUT2D eigenvalue weighted by Gasteiger charge is 1.99. The first-order chi connectivity index (χ1) is 10.3. The summed E-state index contributed by atoms with van der Waals surface area (Å²) < 4.78 is 7.09. The Hall–Kier alpha value is -2.50. The summed E-state index contributed by atoms with van der Waals surface area (Å²) in [6.07, 6.45) is 3.71. The Morgan fingerprint density at radius 1 is 1.33 bits per heavy atom. The minimum Gasteiger partial charge on any atom is -0.497 e. The third-order valence-corrected chi connectivity index (χ3v) is 3.01. The van der Waals surface area contributed by atoms with Crippen LogP contribution >= 0.6 is 0 Å². The van der Waals surface area contributed by atoms with Crippen molar-refractivity contribution in [2.45, 2.75) is 13.1 Å². The Bertz CT molecular complexity index is 565. The summed E-state index contributed by atoms with van der Waals surface area (Å²) in [5.74, 6) is 1.63. The lowest BCUT2D eigenvalue weighted by Crippen LogP contribution is -2.38. The quantitative estimate of drug-likeness (QED) is 0.620. The number of hydrogen-bond donors (Lipinski definition) is 2. The third-order valence-electron chi connectivity index (χ3n) is 3.01. The van der Waals surface area contributed by atoms with Crippen LogP contribution in [0.1, 0.15) is 5.56 Å². The van der Waals surface area contributed by atoms with Crippen molar-refractivity contribution >= 4 is 5.96 Å². The van der Waals surface area contributed by atoms with E-state index in [-0.39, 0.29) is 0 Å². The predicted molar refractivity (Wildman–Crippen MR) is 83.4 cm³/mol. The zero-order valence-electron chi connectivity index (χ0n) is 12.4. The van der Waals surface area contributed by atoms with Gasteiger partial charge in [-0.15, -0.1) is 0 Å². The van der Waals surface area contributed by atoms with Gasteiger partial charge < -0.3 is 15.4 Å². The molecule has 6 heteroatoms. The number of rotatable bonds is 6. The van der Waals surface area contributed by atoms with Gasteiger partial charge in [-0.2, -0.15) is 5.10 Å². The maximum atomic E-state index is 5.21. The number of nitrogens with zero attached hydrogens (tertiary/aromatic N) is 3. The van der Waals surface area contributed by atoms with Gasteiger partial charge in [0.1, 0.15) is 5.75 Å². The zero-order chi connectivity index (χ0) is 14.9. The minimum atomic E-state index is 0.693. The molecule has 0 saturated carbocycles. The summed E-state index contributed by atoms with van der Waals surface area (Å²) in [5.41, 5.74) is 1.14. The predicted octanol–water partition coefficient (Wildman–Crippen LogP) is 1.26. The van der Waals surface area contributed by atoms with E-state index >= 15 is 0 Å². The molecule has 0 bridgehead atoms. The highest BCUT2D eigenvalue weighted by molar-refractivity contribution is 5.79. The van der Waals surface area contributed by atoms with Crippen LogP contribution in [0.3, 0.4) is 0 Å². The van der Waals surface area contributed by atoms with Gasteiger partial charge in [0.2, 0.25) is 0 Å². The molecular weight excluding hydrogens is 266 g/mol. The standard InChI is InChI=1S/C15H21N5O/c1-16-15(17-8-10-20-9-4-7-19-20)18-12-13-5-3-6-14(11-13)21-2/h3-7,9,11H,8,10,12H2,1-2H3,(H2,16,17,18).